The molecule has 34 heavy (non-hydrogen) atoms. The van der Waals surface area contributed by atoms with Crippen molar-refractivity contribution in [2.75, 3.05) is 13.1 Å². The summed E-state index contributed by atoms with van der Waals surface area (Å²) in [5, 5.41) is 0. The Morgan fingerprint density at radius 1 is 0.853 bits per heavy atom. The lowest BCUT2D eigenvalue weighted by atomic mass is 9.73. The number of aryl methyl sites for hydroxylation is 1. The fraction of sp³-hybridized carbons (Fsp3) is 0.667. The molecule has 2 nitrogen and oxygen atoms in total. The summed E-state index contributed by atoms with van der Waals surface area (Å²) in [6, 6.07) is 1.92. The van der Waals surface area contributed by atoms with Gasteiger partial charge in [-0.15, -0.1) is 0 Å². The maximum Gasteiger partial charge on any atom is 0.435 e. The van der Waals surface area contributed by atoms with Crippen LogP contribution in [0.1, 0.15) is 41.9 Å². The van der Waals surface area contributed by atoms with Crippen molar-refractivity contribution < 1.29 is 53.1 Å². The van der Waals surface area contributed by atoms with Gasteiger partial charge in [0.2, 0.25) is 5.91 Å². The van der Waals surface area contributed by atoms with Gasteiger partial charge in [0.05, 0.1) is 13.1 Å². The van der Waals surface area contributed by atoms with Crippen molar-refractivity contribution in [3.05, 3.63) is 34.9 Å². The van der Waals surface area contributed by atoms with Crippen molar-refractivity contribution in [1.29, 1.82) is 0 Å². The van der Waals surface area contributed by atoms with E-state index < -0.39 is 72.2 Å². The Bertz CT molecular complexity index is 954. The Kier molecular flexibility index (Phi) is 5.49. The molecule has 3 aliphatic rings. The average Bonchev–Trinajstić information content (AvgIpc) is 3.22. The zero-order valence-electron chi connectivity index (χ0n) is 17.2. The number of halogens is 11. The summed E-state index contributed by atoms with van der Waals surface area (Å²) in [5.74, 6) is -11.5. The van der Waals surface area contributed by atoms with E-state index in [-0.39, 0.29) is 31.2 Å². The van der Waals surface area contributed by atoms with Crippen LogP contribution in [0.4, 0.5) is 48.3 Å². The third-order valence-electron chi connectivity index (χ3n) is 7.23. The Hall–Kier alpha value is -2.08. The first-order chi connectivity index (χ1) is 15.4. The normalized spacial score (nSPS) is 28.6. The molecule has 1 heterocycles. The van der Waals surface area contributed by atoms with Crippen LogP contribution in [0.3, 0.4) is 0 Å². The van der Waals surface area contributed by atoms with E-state index in [0.29, 0.717) is 22.6 Å². The number of alkyl halides is 11. The molecule has 0 spiro atoms. The number of nitrogens with zero attached hydrogens (tertiary/aromatic N) is 1. The zero-order valence-corrected chi connectivity index (χ0v) is 17.2. The van der Waals surface area contributed by atoms with E-state index >= 15 is 0 Å². The number of fused-ring (bicyclic) bond motifs is 3. The lowest BCUT2D eigenvalue weighted by Crippen LogP contribution is -2.50. The van der Waals surface area contributed by atoms with E-state index in [1.807, 2.05) is 0 Å². The minimum Gasteiger partial charge on any atom is -0.330 e. The molecule has 0 bridgehead atoms. The molecule has 2 aliphatic carbocycles. The van der Waals surface area contributed by atoms with Gasteiger partial charge >= 0.3 is 29.9 Å². The number of amides is 1. The number of benzene rings is 1. The van der Waals surface area contributed by atoms with Crippen LogP contribution in [0.5, 0.6) is 0 Å². The molecule has 1 aromatic rings. The third-order valence-corrected chi connectivity index (χ3v) is 7.23. The fourth-order valence-corrected chi connectivity index (χ4v) is 5.53. The third kappa shape index (κ3) is 3.55. The zero-order chi connectivity index (χ0) is 25.5. The molecule has 0 aromatic heterocycles. The van der Waals surface area contributed by atoms with Crippen molar-refractivity contribution in [3.8, 4) is 0 Å². The number of hydrogen-bond acceptors (Lipinski definition) is 1. The summed E-state index contributed by atoms with van der Waals surface area (Å²) in [6.45, 7) is -2.86. The second-order valence-corrected chi connectivity index (χ2v) is 9.16. The standard InChI is InChI=1S/C21H18F11NO/c22-17(23)8-33(9-18(17,24)25)16(34)15-6-5-13-12-4-2-11(7-10(12)1-3-14(13)15)19(26,20(27,28)29)21(30,31)32/h2,4,7,13-15H,1,3,5-6,8-9H2/t13-,14+,15+/m0/s1. The predicted molar refractivity (Wildman–Crippen MR) is 95.1 cm³/mol. The molecule has 0 N–H and O–H groups in total. The molecule has 1 saturated carbocycles. The maximum atomic E-state index is 14.4. The summed E-state index contributed by atoms with van der Waals surface area (Å²) in [4.78, 5) is 13.2. The van der Waals surface area contributed by atoms with Crippen LogP contribution >= 0.6 is 0 Å². The van der Waals surface area contributed by atoms with Crippen LogP contribution in [0, 0.1) is 11.8 Å². The highest BCUT2D eigenvalue weighted by atomic mass is 19.4. The molecule has 13 heteroatoms. The van der Waals surface area contributed by atoms with Gasteiger partial charge in [0.25, 0.3) is 0 Å². The summed E-state index contributed by atoms with van der Waals surface area (Å²) >= 11 is 0. The van der Waals surface area contributed by atoms with Gasteiger partial charge in [-0.1, -0.05) is 18.2 Å². The molecule has 3 atom stereocenters. The Balaban J connectivity index is 1.59. The van der Waals surface area contributed by atoms with Crippen LogP contribution in [-0.4, -0.2) is 48.1 Å². The van der Waals surface area contributed by atoms with Crippen LogP contribution in [0.15, 0.2) is 18.2 Å². The molecule has 190 valence electrons. The van der Waals surface area contributed by atoms with Gasteiger partial charge in [-0.2, -0.15) is 43.9 Å². The molecule has 1 amide bonds. The summed E-state index contributed by atoms with van der Waals surface area (Å²) in [6.07, 6.45) is -12.1. The van der Waals surface area contributed by atoms with E-state index in [1.165, 1.54) is 0 Å². The first-order valence-electron chi connectivity index (χ1n) is 10.4. The summed E-state index contributed by atoms with van der Waals surface area (Å²) < 4.78 is 147. The van der Waals surface area contributed by atoms with Gasteiger partial charge in [0.15, 0.2) is 0 Å². The molecular weight excluding hydrogens is 491 g/mol. The van der Waals surface area contributed by atoms with E-state index in [9.17, 15) is 53.1 Å². The van der Waals surface area contributed by atoms with Gasteiger partial charge in [0.1, 0.15) is 0 Å². The molecule has 1 aliphatic heterocycles. The highest BCUT2D eigenvalue weighted by Crippen LogP contribution is 2.56. The number of rotatable bonds is 2. The molecular formula is C21H18F11NO. The first-order valence-corrected chi connectivity index (χ1v) is 10.4. The molecule has 4 rings (SSSR count). The van der Waals surface area contributed by atoms with Crippen molar-refractivity contribution >= 4 is 5.91 Å². The molecule has 0 radical (unpaired) electrons. The second-order valence-electron chi connectivity index (χ2n) is 9.16. The second kappa shape index (κ2) is 7.46. The van der Waals surface area contributed by atoms with Gasteiger partial charge in [-0.25, -0.2) is 4.39 Å². The fourth-order valence-electron chi connectivity index (χ4n) is 5.53. The number of carbonyl (C=O) groups is 1. The molecule has 0 unspecified atom stereocenters. The van der Waals surface area contributed by atoms with Gasteiger partial charge < -0.3 is 4.90 Å². The monoisotopic (exact) mass is 509 g/mol. The predicted octanol–water partition coefficient (Wildman–Crippen LogP) is 6.14. The molecule has 1 aromatic carbocycles. The Labute approximate surface area is 186 Å². The summed E-state index contributed by atoms with van der Waals surface area (Å²) in [5.41, 5.74) is -6.75. The largest absolute Gasteiger partial charge is 0.435 e. The smallest absolute Gasteiger partial charge is 0.330 e. The number of carbonyl (C=O) groups excluding carboxylic acids is 1. The number of hydrogen-bond donors (Lipinski definition) is 0. The highest BCUT2D eigenvalue weighted by Gasteiger charge is 2.73. The SMILES string of the molecule is O=C([C@@H]1CC[C@H]2c3ccc(C(F)(C(F)(F)F)C(F)(F)F)cc3CC[C@@H]12)N1CC(F)(F)C(F)(F)C1. The molecule has 2 fully saturated rings. The van der Waals surface area contributed by atoms with Crippen LogP contribution in [0.2, 0.25) is 0 Å². The van der Waals surface area contributed by atoms with Crippen LogP contribution < -0.4 is 0 Å². The van der Waals surface area contributed by atoms with Gasteiger partial charge in [0, 0.05) is 11.5 Å². The topological polar surface area (TPSA) is 20.3 Å². The van der Waals surface area contributed by atoms with Gasteiger partial charge in [-0.3, -0.25) is 4.79 Å². The van der Waals surface area contributed by atoms with Crippen molar-refractivity contribution in [2.24, 2.45) is 11.8 Å². The van der Waals surface area contributed by atoms with Crippen molar-refractivity contribution in [2.45, 2.75) is 61.5 Å². The summed E-state index contributed by atoms with van der Waals surface area (Å²) in [7, 11) is 0. The Morgan fingerprint density at radius 2 is 1.41 bits per heavy atom. The van der Waals surface area contributed by atoms with Crippen LogP contribution in [-0.2, 0) is 16.9 Å². The Morgan fingerprint density at radius 3 is 1.94 bits per heavy atom. The lowest BCUT2D eigenvalue weighted by Gasteiger charge is -2.34. The van der Waals surface area contributed by atoms with Crippen molar-refractivity contribution in [3.63, 3.8) is 0 Å². The van der Waals surface area contributed by atoms with E-state index in [0.717, 1.165) is 6.07 Å². The molecule has 1 saturated heterocycles. The minimum atomic E-state index is -6.25. The minimum absolute atomic E-state index is 0.0709. The van der Waals surface area contributed by atoms with E-state index in [4.69, 9.17) is 0 Å². The quantitative estimate of drug-likeness (QED) is 0.439. The van der Waals surface area contributed by atoms with Crippen LogP contribution in [0.25, 0.3) is 0 Å². The van der Waals surface area contributed by atoms with Gasteiger partial charge in [-0.05, 0) is 48.6 Å². The number of likely N-dealkylation sites (tertiary alicyclic amines) is 1. The average molecular weight is 509 g/mol. The highest BCUT2D eigenvalue weighted by molar-refractivity contribution is 5.80. The van der Waals surface area contributed by atoms with E-state index in [1.54, 1.807) is 0 Å². The van der Waals surface area contributed by atoms with Crippen molar-refractivity contribution in [1.82, 2.24) is 4.90 Å². The van der Waals surface area contributed by atoms with E-state index in [2.05, 4.69) is 0 Å². The lowest BCUT2D eigenvalue weighted by molar-refractivity contribution is -0.348. The first kappa shape index (κ1) is 25.0. The maximum absolute atomic E-state index is 14.4.